The molecule has 2 amide bonds. The third-order valence-electron chi connectivity index (χ3n) is 4.29. The summed E-state index contributed by atoms with van der Waals surface area (Å²) in [5, 5.41) is 5.72. The second-order valence-electron chi connectivity index (χ2n) is 6.22. The summed E-state index contributed by atoms with van der Waals surface area (Å²) in [6.07, 6.45) is 0.741. The molecule has 3 aromatic carbocycles. The summed E-state index contributed by atoms with van der Waals surface area (Å²) in [7, 11) is 1.55. The lowest BCUT2D eigenvalue weighted by molar-refractivity contribution is 0.0955. The molecule has 0 radical (unpaired) electrons. The minimum absolute atomic E-state index is 0.225. The Morgan fingerprint density at radius 1 is 0.857 bits per heavy atom. The predicted molar refractivity (Wildman–Crippen MR) is 110 cm³/mol. The summed E-state index contributed by atoms with van der Waals surface area (Å²) in [5.41, 5.74) is 2.50. The van der Waals surface area contributed by atoms with Crippen molar-refractivity contribution in [3.8, 4) is 5.75 Å². The van der Waals surface area contributed by atoms with Crippen LogP contribution in [0.4, 0.5) is 5.69 Å². The lowest BCUT2D eigenvalue weighted by Crippen LogP contribution is -2.27. The Morgan fingerprint density at radius 2 is 1.61 bits per heavy atom. The standard InChI is InChI=1S/C23H22N2O3/c1-28-19-11-7-10-18(16-19)22(26)25-21-13-6-5-12-20(21)23(27)24-15-14-17-8-3-2-4-9-17/h2-13,16H,14-15H2,1H3,(H,24,27)(H,25,26). The third kappa shape index (κ3) is 4.98. The first-order chi connectivity index (χ1) is 13.7. The molecule has 142 valence electrons. The molecule has 0 fully saturated rings. The van der Waals surface area contributed by atoms with Gasteiger partial charge in [0.1, 0.15) is 5.75 Å². The molecule has 0 heterocycles. The van der Waals surface area contributed by atoms with E-state index >= 15 is 0 Å². The Kier molecular flexibility index (Phi) is 6.41. The molecule has 3 rings (SSSR count). The fourth-order valence-corrected chi connectivity index (χ4v) is 2.81. The summed E-state index contributed by atoms with van der Waals surface area (Å²) in [6, 6.07) is 23.8. The van der Waals surface area contributed by atoms with Crippen molar-refractivity contribution in [2.45, 2.75) is 6.42 Å². The van der Waals surface area contributed by atoms with E-state index < -0.39 is 0 Å². The van der Waals surface area contributed by atoms with Crippen molar-refractivity contribution in [2.24, 2.45) is 0 Å². The molecule has 0 aliphatic carbocycles. The molecule has 0 spiro atoms. The molecule has 28 heavy (non-hydrogen) atoms. The molecule has 5 nitrogen and oxygen atoms in total. The number of rotatable bonds is 7. The monoisotopic (exact) mass is 374 g/mol. The number of hydrogen-bond donors (Lipinski definition) is 2. The number of amides is 2. The van der Waals surface area contributed by atoms with Crippen LogP contribution in [-0.2, 0) is 6.42 Å². The molecule has 0 atom stereocenters. The smallest absolute Gasteiger partial charge is 0.255 e. The highest BCUT2D eigenvalue weighted by molar-refractivity contribution is 6.09. The van der Waals surface area contributed by atoms with E-state index in [1.165, 1.54) is 0 Å². The zero-order chi connectivity index (χ0) is 19.8. The topological polar surface area (TPSA) is 67.4 Å². The van der Waals surface area contributed by atoms with E-state index in [1.807, 2.05) is 30.3 Å². The van der Waals surface area contributed by atoms with Gasteiger partial charge >= 0.3 is 0 Å². The van der Waals surface area contributed by atoms with Gasteiger partial charge in [-0.1, -0.05) is 48.5 Å². The number of nitrogens with one attached hydrogen (secondary N) is 2. The van der Waals surface area contributed by atoms with Crippen LogP contribution in [0.25, 0.3) is 0 Å². The van der Waals surface area contributed by atoms with Crippen LogP contribution in [0.5, 0.6) is 5.75 Å². The first kappa shape index (κ1) is 19.2. The fourth-order valence-electron chi connectivity index (χ4n) is 2.81. The minimum atomic E-state index is -0.302. The maximum absolute atomic E-state index is 12.6. The number of para-hydroxylation sites is 1. The van der Waals surface area contributed by atoms with Crippen molar-refractivity contribution in [3.63, 3.8) is 0 Å². The highest BCUT2D eigenvalue weighted by Gasteiger charge is 2.14. The summed E-state index contributed by atoms with van der Waals surface area (Å²) < 4.78 is 5.15. The predicted octanol–water partition coefficient (Wildman–Crippen LogP) is 3.92. The molecule has 0 bridgehead atoms. The van der Waals surface area contributed by atoms with E-state index in [4.69, 9.17) is 4.74 Å². The van der Waals surface area contributed by atoms with E-state index in [-0.39, 0.29) is 11.8 Å². The Morgan fingerprint density at radius 3 is 2.39 bits per heavy atom. The molecular formula is C23H22N2O3. The van der Waals surface area contributed by atoms with E-state index in [2.05, 4.69) is 10.6 Å². The Hall–Kier alpha value is -3.60. The molecular weight excluding hydrogens is 352 g/mol. The largest absolute Gasteiger partial charge is 0.497 e. The number of ether oxygens (including phenoxy) is 1. The summed E-state index contributed by atoms with van der Waals surface area (Å²) in [4.78, 5) is 25.1. The maximum atomic E-state index is 12.6. The van der Waals surface area contributed by atoms with Crippen LogP contribution in [0, 0.1) is 0 Å². The second-order valence-corrected chi connectivity index (χ2v) is 6.22. The van der Waals surface area contributed by atoms with E-state index in [1.54, 1.807) is 55.6 Å². The van der Waals surface area contributed by atoms with Gasteiger partial charge in [-0.25, -0.2) is 0 Å². The molecule has 3 aromatic rings. The van der Waals surface area contributed by atoms with Gasteiger partial charge in [-0.3, -0.25) is 9.59 Å². The molecule has 0 aromatic heterocycles. The van der Waals surface area contributed by atoms with Gasteiger partial charge in [-0.05, 0) is 42.3 Å². The van der Waals surface area contributed by atoms with Crippen LogP contribution in [0.2, 0.25) is 0 Å². The Labute approximate surface area is 164 Å². The van der Waals surface area contributed by atoms with Gasteiger partial charge in [-0.2, -0.15) is 0 Å². The van der Waals surface area contributed by atoms with Gasteiger partial charge < -0.3 is 15.4 Å². The van der Waals surface area contributed by atoms with E-state index in [0.717, 1.165) is 12.0 Å². The number of carbonyl (C=O) groups excluding carboxylic acids is 2. The van der Waals surface area contributed by atoms with Crippen molar-refractivity contribution in [1.82, 2.24) is 5.32 Å². The summed E-state index contributed by atoms with van der Waals surface area (Å²) in [6.45, 7) is 0.515. The van der Waals surface area contributed by atoms with Crippen LogP contribution in [0.3, 0.4) is 0 Å². The van der Waals surface area contributed by atoms with Gasteiger partial charge in [0.25, 0.3) is 11.8 Å². The van der Waals surface area contributed by atoms with Crippen LogP contribution >= 0.6 is 0 Å². The molecule has 0 saturated heterocycles. The number of anilines is 1. The number of benzene rings is 3. The molecule has 5 heteroatoms. The molecule has 0 unspecified atom stereocenters. The van der Waals surface area contributed by atoms with Crippen molar-refractivity contribution in [1.29, 1.82) is 0 Å². The normalized spacial score (nSPS) is 10.2. The SMILES string of the molecule is COc1cccc(C(=O)Nc2ccccc2C(=O)NCCc2ccccc2)c1. The lowest BCUT2D eigenvalue weighted by atomic mass is 10.1. The Bertz CT molecular complexity index is 955. The number of hydrogen-bond acceptors (Lipinski definition) is 3. The minimum Gasteiger partial charge on any atom is -0.497 e. The van der Waals surface area contributed by atoms with Crippen molar-refractivity contribution < 1.29 is 14.3 Å². The summed E-state index contributed by atoms with van der Waals surface area (Å²) in [5.74, 6) is 0.0699. The molecule has 0 aliphatic rings. The highest BCUT2D eigenvalue weighted by atomic mass is 16.5. The number of carbonyl (C=O) groups is 2. The first-order valence-corrected chi connectivity index (χ1v) is 9.04. The van der Waals surface area contributed by atoms with Gasteiger partial charge in [0.15, 0.2) is 0 Å². The average molecular weight is 374 g/mol. The second kappa shape index (κ2) is 9.37. The van der Waals surface area contributed by atoms with Gasteiger partial charge in [0, 0.05) is 12.1 Å². The quantitative estimate of drug-likeness (QED) is 0.659. The van der Waals surface area contributed by atoms with Crippen LogP contribution in [-0.4, -0.2) is 25.5 Å². The van der Waals surface area contributed by atoms with Crippen molar-refractivity contribution in [2.75, 3.05) is 19.0 Å². The third-order valence-corrected chi connectivity index (χ3v) is 4.29. The van der Waals surface area contributed by atoms with Crippen molar-refractivity contribution >= 4 is 17.5 Å². The number of methoxy groups -OCH3 is 1. The lowest BCUT2D eigenvalue weighted by Gasteiger charge is -2.12. The molecule has 2 N–H and O–H groups in total. The zero-order valence-electron chi connectivity index (χ0n) is 15.6. The maximum Gasteiger partial charge on any atom is 0.255 e. The zero-order valence-corrected chi connectivity index (χ0v) is 15.6. The average Bonchev–Trinajstić information content (AvgIpc) is 2.75. The highest BCUT2D eigenvalue weighted by Crippen LogP contribution is 2.18. The first-order valence-electron chi connectivity index (χ1n) is 9.04. The fraction of sp³-hybridized carbons (Fsp3) is 0.130. The van der Waals surface area contributed by atoms with E-state index in [9.17, 15) is 9.59 Å². The van der Waals surface area contributed by atoms with Crippen LogP contribution in [0.15, 0.2) is 78.9 Å². The van der Waals surface area contributed by atoms with Gasteiger partial charge in [0.2, 0.25) is 0 Å². The van der Waals surface area contributed by atoms with Gasteiger partial charge in [0.05, 0.1) is 18.4 Å². The molecule has 0 aliphatic heterocycles. The van der Waals surface area contributed by atoms with Crippen molar-refractivity contribution in [3.05, 3.63) is 95.6 Å². The van der Waals surface area contributed by atoms with Crippen LogP contribution < -0.4 is 15.4 Å². The van der Waals surface area contributed by atoms with Crippen LogP contribution in [0.1, 0.15) is 26.3 Å². The summed E-state index contributed by atoms with van der Waals surface area (Å²) >= 11 is 0. The van der Waals surface area contributed by atoms with E-state index in [0.29, 0.717) is 29.1 Å². The molecule has 0 saturated carbocycles. The Balaban J connectivity index is 1.66. The van der Waals surface area contributed by atoms with Gasteiger partial charge in [-0.15, -0.1) is 0 Å².